The van der Waals surface area contributed by atoms with Crippen molar-refractivity contribution < 1.29 is 4.74 Å². The van der Waals surface area contributed by atoms with E-state index in [-0.39, 0.29) is 0 Å². The second-order valence-corrected chi connectivity index (χ2v) is 3.71. The lowest BCUT2D eigenvalue weighted by Crippen LogP contribution is -2.45. The second kappa shape index (κ2) is 1.95. The van der Waals surface area contributed by atoms with E-state index in [4.69, 9.17) is 10.5 Å². The van der Waals surface area contributed by atoms with Gasteiger partial charge in [-0.3, -0.25) is 0 Å². The molecular weight excluding hydrogens is 126 g/mol. The molecule has 1 saturated carbocycles. The summed E-state index contributed by atoms with van der Waals surface area (Å²) in [4.78, 5) is 0. The first-order valence-electron chi connectivity index (χ1n) is 4.12. The molecule has 1 aliphatic carbocycles. The number of nitrogens with two attached hydrogens (primary N) is 1. The van der Waals surface area contributed by atoms with Crippen molar-refractivity contribution in [1.29, 1.82) is 0 Å². The van der Waals surface area contributed by atoms with Gasteiger partial charge in [0.25, 0.3) is 0 Å². The minimum atomic E-state index is 0.490. The Morgan fingerprint density at radius 1 is 1.60 bits per heavy atom. The Morgan fingerprint density at radius 2 is 2.20 bits per heavy atom. The maximum absolute atomic E-state index is 5.78. The first-order chi connectivity index (χ1) is 4.78. The first kappa shape index (κ1) is 6.62. The minimum Gasteiger partial charge on any atom is -0.380 e. The van der Waals surface area contributed by atoms with Crippen molar-refractivity contribution in [2.24, 2.45) is 17.1 Å². The Balaban J connectivity index is 1.99. The van der Waals surface area contributed by atoms with Crippen LogP contribution in [0.25, 0.3) is 0 Å². The van der Waals surface area contributed by atoms with Gasteiger partial charge in [-0.15, -0.1) is 0 Å². The van der Waals surface area contributed by atoms with Crippen molar-refractivity contribution in [1.82, 2.24) is 0 Å². The zero-order valence-corrected chi connectivity index (χ0v) is 6.47. The Bertz CT molecular complexity index is 137. The lowest BCUT2D eigenvalue weighted by molar-refractivity contribution is -0.129. The molecule has 2 unspecified atom stereocenters. The van der Waals surface area contributed by atoms with Gasteiger partial charge in [0.1, 0.15) is 0 Å². The molecule has 2 nitrogen and oxygen atoms in total. The number of hydrogen-bond acceptors (Lipinski definition) is 2. The molecule has 58 valence electrons. The molecular formula is C8H15NO. The van der Waals surface area contributed by atoms with E-state index in [0.717, 1.165) is 19.1 Å². The predicted molar refractivity (Wildman–Crippen MR) is 39.6 cm³/mol. The monoisotopic (exact) mass is 141 g/mol. The van der Waals surface area contributed by atoms with Crippen LogP contribution in [0.15, 0.2) is 0 Å². The Kier molecular flexibility index (Phi) is 1.29. The summed E-state index contributed by atoms with van der Waals surface area (Å²) in [6.07, 6.45) is 2.47. The van der Waals surface area contributed by atoms with Crippen molar-refractivity contribution in [2.45, 2.75) is 25.8 Å². The van der Waals surface area contributed by atoms with Gasteiger partial charge in [-0.25, -0.2) is 0 Å². The average molecular weight is 141 g/mol. The topological polar surface area (TPSA) is 35.2 Å². The number of rotatable bonds is 2. The van der Waals surface area contributed by atoms with Crippen LogP contribution in [0.2, 0.25) is 0 Å². The molecule has 2 heteroatoms. The van der Waals surface area contributed by atoms with Crippen LogP contribution >= 0.6 is 0 Å². The standard InChI is InChI=1S/C8H15NO/c1-2-8(4-10-5-8)6-3-7(6)9/h6-7H,2-5,9H2,1H3. The number of hydrogen-bond donors (Lipinski definition) is 1. The van der Waals surface area contributed by atoms with E-state index >= 15 is 0 Å². The van der Waals surface area contributed by atoms with Crippen molar-refractivity contribution in [3.63, 3.8) is 0 Å². The molecule has 2 fully saturated rings. The van der Waals surface area contributed by atoms with Gasteiger partial charge in [0.15, 0.2) is 0 Å². The normalized spacial score (nSPS) is 42.6. The van der Waals surface area contributed by atoms with E-state index in [1.807, 2.05) is 0 Å². The fourth-order valence-corrected chi connectivity index (χ4v) is 1.96. The highest BCUT2D eigenvalue weighted by atomic mass is 16.5. The van der Waals surface area contributed by atoms with Gasteiger partial charge in [0.05, 0.1) is 13.2 Å². The zero-order chi connectivity index (χ0) is 7.19. The van der Waals surface area contributed by atoms with Gasteiger partial charge in [-0.05, 0) is 18.8 Å². The molecule has 0 aromatic carbocycles. The zero-order valence-electron chi connectivity index (χ0n) is 6.47. The molecule has 2 N–H and O–H groups in total. The molecule has 2 rings (SSSR count). The van der Waals surface area contributed by atoms with Crippen LogP contribution in [0.3, 0.4) is 0 Å². The van der Waals surface area contributed by atoms with E-state index in [9.17, 15) is 0 Å². The van der Waals surface area contributed by atoms with E-state index in [1.54, 1.807) is 0 Å². The summed E-state index contributed by atoms with van der Waals surface area (Å²) in [5.74, 6) is 0.784. The van der Waals surface area contributed by atoms with Gasteiger partial charge < -0.3 is 10.5 Å². The largest absolute Gasteiger partial charge is 0.380 e. The van der Waals surface area contributed by atoms with Gasteiger partial charge >= 0.3 is 0 Å². The van der Waals surface area contributed by atoms with Gasteiger partial charge in [0.2, 0.25) is 0 Å². The molecule has 2 aliphatic rings. The lowest BCUT2D eigenvalue weighted by Gasteiger charge is -2.41. The highest BCUT2D eigenvalue weighted by Gasteiger charge is 2.54. The third-order valence-electron chi connectivity index (χ3n) is 3.11. The van der Waals surface area contributed by atoms with Crippen molar-refractivity contribution in [3.8, 4) is 0 Å². The Labute approximate surface area is 61.7 Å². The van der Waals surface area contributed by atoms with E-state index in [0.29, 0.717) is 11.5 Å². The molecule has 0 amide bonds. The van der Waals surface area contributed by atoms with Gasteiger partial charge in [0, 0.05) is 11.5 Å². The maximum Gasteiger partial charge on any atom is 0.0547 e. The van der Waals surface area contributed by atoms with Crippen LogP contribution in [0.1, 0.15) is 19.8 Å². The fraction of sp³-hybridized carbons (Fsp3) is 1.00. The maximum atomic E-state index is 5.78. The van der Waals surface area contributed by atoms with Crippen molar-refractivity contribution >= 4 is 0 Å². The van der Waals surface area contributed by atoms with Crippen molar-refractivity contribution in [2.75, 3.05) is 13.2 Å². The Hall–Kier alpha value is -0.0800. The summed E-state index contributed by atoms with van der Waals surface area (Å²) in [5, 5.41) is 0. The van der Waals surface area contributed by atoms with E-state index < -0.39 is 0 Å². The van der Waals surface area contributed by atoms with E-state index in [2.05, 4.69) is 6.92 Å². The summed E-state index contributed by atoms with van der Waals surface area (Å²) < 4.78 is 5.22. The molecule has 2 atom stereocenters. The molecule has 0 bridgehead atoms. The highest BCUT2D eigenvalue weighted by molar-refractivity contribution is 5.05. The van der Waals surface area contributed by atoms with Crippen LogP contribution in [0.5, 0.6) is 0 Å². The fourth-order valence-electron chi connectivity index (χ4n) is 1.96. The molecule has 10 heavy (non-hydrogen) atoms. The molecule has 1 saturated heterocycles. The van der Waals surface area contributed by atoms with Crippen molar-refractivity contribution in [3.05, 3.63) is 0 Å². The smallest absolute Gasteiger partial charge is 0.0547 e. The van der Waals surface area contributed by atoms with Crippen LogP contribution in [-0.4, -0.2) is 19.3 Å². The molecule has 1 heterocycles. The van der Waals surface area contributed by atoms with Crippen LogP contribution in [-0.2, 0) is 4.74 Å². The third kappa shape index (κ3) is 0.722. The number of ether oxygens (including phenoxy) is 1. The second-order valence-electron chi connectivity index (χ2n) is 3.71. The minimum absolute atomic E-state index is 0.490. The van der Waals surface area contributed by atoms with Gasteiger partial charge in [-0.1, -0.05) is 6.92 Å². The Morgan fingerprint density at radius 3 is 2.30 bits per heavy atom. The van der Waals surface area contributed by atoms with E-state index in [1.165, 1.54) is 12.8 Å². The molecule has 0 aromatic heterocycles. The molecule has 1 aliphatic heterocycles. The highest BCUT2D eigenvalue weighted by Crippen LogP contribution is 2.51. The molecule has 0 spiro atoms. The predicted octanol–water partition coefficient (Wildman–Crippen LogP) is 0.760. The summed E-state index contributed by atoms with van der Waals surface area (Å²) >= 11 is 0. The quantitative estimate of drug-likeness (QED) is 0.616. The van der Waals surface area contributed by atoms with Crippen LogP contribution in [0.4, 0.5) is 0 Å². The lowest BCUT2D eigenvalue weighted by atomic mass is 9.78. The first-order valence-corrected chi connectivity index (χ1v) is 4.12. The van der Waals surface area contributed by atoms with Gasteiger partial charge in [-0.2, -0.15) is 0 Å². The summed E-state index contributed by atoms with van der Waals surface area (Å²) in [7, 11) is 0. The third-order valence-corrected chi connectivity index (χ3v) is 3.11. The molecule has 0 radical (unpaired) electrons. The van der Waals surface area contributed by atoms with Crippen LogP contribution < -0.4 is 5.73 Å². The SMILES string of the molecule is CCC1(C2CC2N)COC1. The molecule has 0 aromatic rings. The summed E-state index contributed by atoms with van der Waals surface area (Å²) in [6, 6.07) is 0.490. The average Bonchev–Trinajstić information content (AvgIpc) is 2.46. The summed E-state index contributed by atoms with van der Waals surface area (Å²) in [5.41, 5.74) is 6.28. The van der Waals surface area contributed by atoms with Crippen LogP contribution in [0, 0.1) is 11.3 Å². The summed E-state index contributed by atoms with van der Waals surface area (Å²) in [6.45, 7) is 4.16.